The molecule has 2 heteroatoms. The number of rotatable bonds is 10. The maximum atomic E-state index is 3.50. The number of unbranched alkanes of at least 4 members (excludes halogenated alkanes) is 2. The van der Waals surface area contributed by atoms with E-state index in [1.165, 1.54) is 49.9 Å². The Hall–Kier alpha value is -0.860. The Bertz CT molecular complexity index is 354. The van der Waals surface area contributed by atoms with Gasteiger partial charge in [0, 0.05) is 12.6 Å². The van der Waals surface area contributed by atoms with Crippen molar-refractivity contribution in [2.75, 3.05) is 26.7 Å². The van der Waals surface area contributed by atoms with Gasteiger partial charge in [-0.3, -0.25) is 0 Å². The van der Waals surface area contributed by atoms with Crippen LogP contribution in [-0.2, 0) is 0 Å². The lowest BCUT2D eigenvalue weighted by Crippen LogP contribution is -2.35. The quantitative estimate of drug-likeness (QED) is 0.690. The van der Waals surface area contributed by atoms with E-state index in [9.17, 15) is 0 Å². The van der Waals surface area contributed by atoms with Crippen molar-refractivity contribution in [3.05, 3.63) is 35.4 Å². The van der Waals surface area contributed by atoms with Crippen molar-refractivity contribution >= 4 is 0 Å². The van der Waals surface area contributed by atoms with Crippen LogP contribution in [0, 0.1) is 6.92 Å². The van der Waals surface area contributed by atoms with Gasteiger partial charge in [-0.2, -0.15) is 0 Å². The standard InChI is InChI=1S/C18H32N2/c1-5-7-13-20(14-8-6-2)15-18(19-4)17-12-10-9-11-16(17)3/h9-12,18-19H,5-8,13-15H2,1-4H3. The van der Waals surface area contributed by atoms with Crippen LogP contribution >= 0.6 is 0 Å². The molecule has 1 rings (SSSR count). The molecule has 0 heterocycles. The zero-order valence-corrected chi connectivity index (χ0v) is 13.8. The fourth-order valence-corrected chi connectivity index (χ4v) is 2.64. The minimum Gasteiger partial charge on any atom is -0.312 e. The second-order valence-electron chi connectivity index (χ2n) is 5.71. The second-order valence-corrected chi connectivity index (χ2v) is 5.71. The SMILES string of the molecule is CCCCN(CCCC)CC(NC)c1ccccc1C. The van der Waals surface area contributed by atoms with E-state index in [0.29, 0.717) is 6.04 Å². The van der Waals surface area contributed by atoms with Gasteiger partial charge in [0.2, 0.25) is 0 Å². The van der Waals surface area contributed by atoms with Crippen LogP contribution in [0.15, 0.2) is 24.3 Å². The number of aryl methyl sites for hydroxylation is 1. The number of hydrogen-bond acceptors (Lipinski definition) is 2. The summed E-state index contributed by atoms with van der Waals surface area (Å²) in [7, 11) is 2.08. The summed E-state index contributed by atoms with van der Waals surface area (Å²) in [5, 5.41) is 3.50. The van der Waals surface area contributed by atoms with Crippen LogP contribution in [0.5, 0.6) is 0 Å². The molecule has 0 bridgehead atoms. The summed E-state index contributed by atoms with van der Waals surface area (Å²) < 4.78 is 0. The van der Waals surface area contributed by atoms with E-state index in [0.717, 1.165) is 6.54 Å². The first-order valence-corrected chi connectivity index (χ1v) is 8.18. The topological polar surface area (TPSA) is 15.3 Å². The van der Waals surface area contributed by atoms with Gasteiger partial charge in [-0.1, -0.05) is 51.0 Å². The Kier molecular flexibility index (Phi) is 8.56. The highest BCUT2D eigenvalue weighted by molar-refractivity contribution is 5.28. The van der Waals surface area contributed by atoms with Crippen LogP contribution in [0.4, 0.5) is 0 Å². The van der Waals surface area contributed by atoms with E-state index in [1.54, 1.807) is 0 Å². The molecule has 0 aliphatic carbocycles. The number of likely N-dealkylation sites (N-methyl/N-ethyl adjacent to an activating group) is 1. The first-order valence-electron chi connectivity index (χ1n) is 8.18. The fourth-order valence-electron chi connectivity index (χ4n) is 2.64. The number of nitrogens with one attached hydrogen (secondary N) is 1. The first-order chi connectivity index (χ1) is 9.72. The number of nitrogens with zero attached hydrogens (tertiary/aromatic N) is 1. The lowest BCUT2D eigenvalue weighted by Gasteiger charge is -2.28. The van der Waals surface area contributed by atoms with Gasteiger partial charge in [0.25, 0.3) is 0 Å². The molecular weight excluding hydrogens is 244 g/mol. The van der Waals surface area contributed by atoms with Gasteiger partial charge < -0.3 is 10.2 Å². The predicted octanol–water partition coefficient (Wildman–Crippen LogP) is 4.16. The van der Waals surface area contributed by atoms with Crippen molar-refractivity contribution < 1.29 is 0 Å². The largest absolute Gasteiger partial charge is 0.312 e. The van der Waals surface area contributed by atoms with Gasteiger partial charge in [-0.25, -0.2) is 0 Å². The van der Waals surface area contributed by atoms with Crippen molar-refractivity contribution in [1.29, 1.82) is 0 Å². The summed E-state index contributed by atoms with van der Waals surface area (Å²) in [6, 6.07) is 9.17. The van der Waals surface area contributed by atoms with Gasteiger partial charge in [-0.05, 0) is 51.0 Å². The molecule has 1 aromatic rings. The zero-order chi connectivity index (χ0) is 14.8. The highest BCUT2D eigenvalue weighted by atomic mass is 15.1. The molecule has 0 saturated heterocycles. The summed E-state index contributed by atoms with van der Waals surface area (Å²) in [4.78, 5) is 2.63. The Balaban J connectivity index is 2.69. The smallest absolute Gasteiger partial charge is 0.0449 e. The predicted molar refractivity (Wildman–Crippen MR) is 89.2 cm³/mol. The average molecular weight is 276 g/mol. The lowest BCUT2D eigenvalue weighted by molar-refractivity contribution is 0.239. The molecule has 0 radical (unpaired) electrons. The Morgan fingerprint density at radius 1 is 1.05 bits per heavy atom. The molecule has 1 unspecified atom stereocenters. The molecular formula is C18H32N2. The number of benzene rings is 1. The molecule has 20 heavy (non-hydrogen) atoms. The van der Waals surface area contributed by atoms with E-state index in [2.05, 4.69) is 62.3 Å². The second kappa shape index (κ2) is 9.95. The van der Waals surface area contributed by atoms with Crippen LogP contribution < -0.4 is 5.32 Å². The highest BCUT2D eigenvalue weighted by Crippen LogP contribution is 2.18. The third-order valence-electron chi connectivity index (χ3n) is 4.01. The molecule has 0 saturated carbocycles. The van der Waals surface area contributed by atoms with Crippen LogP contribution in [0.2, 0.25) is 0 Å². The summed E-state index contributed by atoms with van der Waals surface area (Å²) in [5.74, 6) is 0. The van der Waals surface area contributed by atoms with Crippen molar-refractivity contribution in [1.82, 2.24) is 10.2 Å². The van der Waals surface area contributed by atoms with Gasteiger partial charge in [0.05, 0.1) is 0 Å². The van der Waals surface area contributed by atoms with Gasteiger partial charge >= 0.3 is 0 Å². The van der Waals surface area contributed by atoms with E-state index >= 15 is 0 Å². The first kappa shape index (κ1) is 17.2. The third-order valence-corrected chi connectivity index (χ3v) is 4.01. The molecule has 0 aliphatic heterocycles. The van der Waals surface area contributed by atoms with Crippen molar-refractivity contribution in [3.63, 3.8) is 0 Å². The minimum absolute atomic E-state index is 0.435. The Labute approximate surface area is 125 Å². The molecule has 1 aromatic carbocycles. The van der Waals surface area contributed by atoms with Gasteiger partial charge in [0.15, 0.2) is 0 Å². The minimum atomic E-state index is 0.435. The van der Waals surface area contributed by atoms with Gasteiger partial charge in [0.1, 0.15) is 0 Å². The fraction of sp³-hybridized carbons (Fsp3) is 0.667. The average Bonchev–Trinajstić information content (AvgIpc) is 2.47. The molecule has 1 N–H and O–H groups in total. The Morgan fingerprint density at radius 2 is 1.65 bits per heavy atom. The summed E-state index contributed by atoms with van der Waals surface area (Å²) in [6.45, 7) is 10.3. The number of hydrogen-bond donors (Lipinski definition) is 1. The molecule has 0 spiro atoms. The summed E-state index contributed by atoms with van der Waals surface area (Å²) >= 11 is 0. The van der Waals surface area contributed by atoms with E-state index < -0.39 is 0 Å². The maximum absolute atomic E-state index is 3.50. The zero-order valence-electron chi connectivity index (χ0n) is 13.8. The molecule has 0 amide bonds. The van der Waals surface area contributed by atoms with Crippen LogP contribution in [0.3, 0.4) is 0 Å². The van der Waals surface area contributed by atoms with Crippen LogP contribution in [0.25, 0.3) is 0 Å². The molecule has 2 nitrogen and oxygen atoms in total. The third kappa shape index (κ3) is 5.64. The van der Waals surface area contributed by atoms with Crippen molar-refractivity contribution in [2.24, 2.45) is 0 Å². The van der Waals surface area contributed by atoms with E-state index in [1.807, 2.05) is 0 Å². The van der Waals surface area contributed by atoms with Gasteiger partial charge in [-0.15, -0.1) is 0 Å². The molecule has 0 aromatic heterocycles. The summed E-state index contributed by atoms with van der Waals surface area (Å²) in [6.07, 6.45) is 5.15. The molecule has 0 aliphatic rings. The molecule has 1 atom stereocenters. The molecule has 114 valence electrons. The monoisotopic (exact) mass is 276 g/mol. The van der Waals surface area contributed by atoms with Crippen molar-refractivity contribution in [3.8, 4) is 0 Å². The summed E-state index contributed by atoms with van der Waals surface area (Å²) in [5.41, 5.74) is 2.82. The van der Waals surface area contributed by atoms with E-state index in [4.69, 9.17) is 0 Å². The van der Waals surface area contributed by atoms with Crippen molar-refractivity contribution in [2.45, 2.75) is 52.5 Å². The highest BCUT2D eigenvalue weighted by Gasteiger charge is 2.15. The maximum Gasteiger partial charge on any atom is 0.0449 e. The van der Waals surface area contributed by atoms with Crippen LogP contribution in [0.1, 0.15) is 56.7 Å². The normalized spacial score (nSPS) is 12.8. The van der Waals surface area contributed by atoms with Crippen LogP contribution in [-0.4, -0.2) is 31.6 Å². The molecule has 0 fully saturated rings. The Morgan fingerprint density at radius 3 is 2.15 bits per heavy atom. The van der Waals surface area contributed by atoms with E-state index in [-0.39, 0.29) is 0 Å². The lowest BCUT2D eigenvalue weighted by atomic mass is 10.0.